The molecule has 0 fully saturated rings. The fraction of sp³-hybridized carbons (Fsp3) is 0.105. The standard InChI is InChI=1S/C19H18N4O2/c1-3-11-20-17-15-9-4-5-10-16(15)22-19(23-17)21-14-8-6-7-13(12-14)18(24)25-2/h3-10,12H,1,11H2,2H3,(H2,20,21,22,23). The number of hydrogen-bond donors (Lipinski definition) is 2. The van der Waals surface area contributed by atoms with E-state index in [1.807, 2.05) is 30.3 Å². The number of carbonyl (C=O) groups is 1. The van der Waals surface area contributed by atoms with Gasteiger partial charge in [0.05, 0.1) is 18.2 Å². The largest absolute Gasteiger partial charge is 0.465 e. The second-order valence-electron chi connectivity index (χ2n) is 5.28. The highest BCUT2D eigenvalue weighted by molar-refractivity contribution is 5.91. The Morgan fingerprint density at radius 1 is 1.20 bits per heavy atom. The normalized spacial score (nSPS) is 10.3. The number of hydrogen-bond acceptors (Lipinski definition) is 6. The molecule has 3 aromatic rings. The Bertz CT molecular complexity index is 924. The average molecular weight is 334 g/mol. The highest BCUT2D eigenvalue weighted by Gasteiger charge is 2.09. The fourth-order valence-electron chi connectivity index (χ4n) is 2.41. The topological polar surface area (TPSA) is 76.1 Å². The molecule has 0 saturated heterocycles. The summed E-state index contributed by atoms with van der Waals surface area (Å²) in [5, 5.41) is 7.28. The van der Waals surface area contributed by atoms with Gasteiger partial charge in [0.1, 0.15) is 5.82 Å². The zero-order chi connectivity index (χ0) is 17.6. The van der Waals surface area contributed by atoms with Gasteiger partial charge in [-0.05, 0) is 30.3 Å². The highest BCUT2D eigenvalue weighted by atomic mass is 16.5. The van der Waals surface area contributed by atoms with Crippen LogP contribution in [0.1, 0.15) is 10.4 Å². The Kier molecular flexibility index (Phi) is 4.89. The molecular weight excluding hydrogens is 316 g/mol. The second-order valence-corrected chi connectivity index (χ2v) is 5.28. The van der Waals surface area contributed by atoms with Crippen LogP contribution in [0.15, 0.2) is 61.2 Å². The van der Waals surface area contributed by atoms with Crippen molar-refractivity contribution in [1.82, 2.24) is 9.97 Å². The van der Waals surface area contributed by atoms with E-state index in [4.69, 9.17) is 4.74 Å². The van der Waals surface area contributed by atoms with Crippen molar-refractivity contribution in [3.63, 3.8) is 0 Å². The monoisotopic (exact) mass is 334 g/mol. The summed E-state index contributed by atoms with van der Waals surface area (Å²) in [6.07, 6.45) is 1.77. The van der Waals surface area contributed by atoms with Crippen molar-refractivity contribution < 1.29 is 9.53 Å². The van der Waals surface area contributed by atoms with Crippen molar-refractivity contribution in [2.75, 3.05) is 24.3 Å². The molecule has 0 aliphatic rings. The van der Waals surface area contributed by atoms with E-state index in [-0.39, 0.29) is 0 Å². The Morgan fingerprint density at radius 3 is 2.84 bits per heavy atom. The Hall–Kier alpha value is -3.41. The molecule has 0 saturated carbocycles. The van der Waals surface area contributed by atoms with Gasteiger partial charge in [-0.15, -0.1) is 6.58 Å². The minimum atomic E-state index is -0.392. The number of aromatic nitrogens is 2. The molecule has 3 rings (SSSR count). The first kappa shape index (κ1) is 16.4. The van der Waals surface area contributed by atoms with E-state index in [0.29, 0.717) is 23.7 Å². The van der Waals surface area contributed by atoms with Crippen LogP contribution in [-0.4, -0.2) is 29.6 Å². The summed E-state index contributed by atoms with van der Waals surface area (Å²) < 4.78 is 4.75. The summed E-state index contributed by atoms with van der Waals surface area (Å²) in [4.78, 5) is 20.7. The molecule has 1 heterocycles. The Morgan fingerprint density at radius 2 is 2.04 bits per heavy atom. The number of para-hydroxylation sites is 1. The van der Waals surface area contributed by atoms with Crippen molar-refractivity contribution in [3.05, 3.63) is 66.7 Å². The summed E-state index contributed by atoms with van der Waals surface area (Å²) in [5.74, 6) is 0.765. The maximum absolute atomic E-state index is 11.7. The third-order valence-corrected chi connectivity index (χ3v) is 3.56. The lowest BCUT2D eigenvalue weighted by atomic mass is 10.2. The molecule has 0 spiro atoms. The predicted octanol–water partition coefficient (Wildman–Crippen LogP) is 3.76. The van der Waals surface area contributed by atoms with E-state index in [2.05, 4.69) is 27.2 Å². The number of rotatable bonds is 6. The zero-order valence-electron chi connectivity index (χ0n) is 13.8. The van der Waals surface area contributed by atoms with Gasteiger partial charge in [0.15, 0.2) is 0 Å². The van der Waals surface area contributed by atoms with Gasteiger partial charge in [-0.25, -0.2) is 9.78 Å². The summed E-state index contributed by atoms with van der Waals surface area (Å²) in [6, 6.07) is 14.7. The Balaban J connectivity index is 1.96. The van der Waals surface area contributed by atoms with Gasteiger partial charge in [0, 0.05) is 17.6 Å². The Labute approximate surface area is 145 Å². The minimum absolute atomic E-state index is 0.392. The van der Waals surface area contributed by atoms with Crippen LogP contribution in [0.2, 0.25) is 0 Å². The molecule has 0 unspecified atom stereocenters. The molecule has 0 atom stereocenters. The van der Waals surface area contributed by atoms with Gasteiger partial charge in [-0.1, -0.05) is 24.3 Å². The van der Waals surface area contributed by atoms with Crippen LogP contribution in [0.5, 0.6) is 0 Å². The van der Waals surface area contributed by atoms with Crippen molar-refractivity contribution >= 4 is 34.3 Å². The van der Waals surface area contributed by atoms with E-state index in [0.717, 1.165) is 16.7 Å². The first-order valence-corrected chi connectivity index (χ1v) is 7.78. The van der Waals surface area contributed by atoms with Gasteiger partial charge in [-0.3, -0.25) is 0 Å². The second kappa shape index (κ2) is 7.44. The molecule has 1 aromatic heterocycles. The van der Waals surface area contributed by atoms with Gasteiger partial charge in [0.25, 0.3) is 0 Å². The lowest BCUT2D eigenvalue weighted by Crippen LogP contribution is -2.06. The number of fused-ring (bicyclic) bond motifs is 1. The first-order chi connectivity index (χ1) is 12.2. The number of carbonyl (C=O) groups excluding carboxylic acids is 1. The number of benzene rings is 2. The molecule has 6 nitrogen and oxygen atoms in total. The van der Waals surface area contributed by atoms with Crippen molar-refractivity contribution in [2.45, 2.75) is 0 Å². The van der Waals surface area contributed by atoms with E-state index < -0.39 is 5.97 Å². The summed E-state index contributed by atoms with van der Waals surface area (Å²) >= 11 is 0. The molecule has 0 radical (unpaired) electrons. The van der Waals surface area contributed by atoms with Crippen LogP contribution in [0.25, 0.3) is 10.9 Å². The van der Waals surface area contributed by atoms with Crippen LogP contribution in [0, 0.1) is 0 Å². The number of methoxy groups -OCH3 is 1. The molecule has 2 aromatic carbocycles. The quantitative estimate of drug-likeness (QED) is 0.528. The molecular formula is C19H18N4O2. The van der Waals surface area contributed by atoms with Crippen LogP contribution in [0.4, 0.5) is 17.5 Å². The molecule has 25 heavy (non-hydrogen) atoms. The molecule has 6 heteroatoms. The predicted molar refractivity (Wildman–Crippen MR) is 99.3 cm³/mol. The molecule has 0 aliphatic heterocycles. The third kappa shape index (κ3) is 3.74. The van der Waals surface area contributed by atoms with E-state index in [9.17, 15) is 4.79 Å². The van der Waals surface area contributed by atoms with E-state index in [1.165, 1.54) is 7.11 Å². The third-order valence-electron chi connectivity index (χ3n) is 3.56. The lowest BCUT2D eigenvalue weighted by Gasteiger charge is -2.11. The van der Waals surface area contributed by atoms with E-state index in [1.54, 1.807) is 24.3 Å². The van der Waals surface area contributed by atoms with Crippen LogP contribution in [-0.2, 0) is 4.74 Å². The van der Waals surface area contributed by atoms with Gasteiger partial charge in [-0.2, -0.15) is 4.98 Å². The fourth-order valence-corrected chi connectivity index (χ4v) is 2.41. The van der Waals surface area contributed by atoms with Crippen molar-refractivity contribution in [1.29, 1.82) is 0 Å². The minimum Gasteiger partial charge on any atom is -0.465 e. The summed E-state index contributed by atoms with van der Waals surface area (Å²) in [7, 11) is 1.35. The van der Waals surface area contributed by atoms with Crippen LogP contribution in [0.3, 0.4) is 0 Å². The van der Waals surface area contributed by atoms with Gasteiger partial charge in [0.2, 0.25) is 5.95 Å². The van der Waals surface area contributed by atoms with Crippen LogP contribution < -0.4 is 10.6 Å². The number of ether oxygens (including phenoxy) is 1. The molecule has 2 N–H and O–H groups in total. The average Bonchev–Trinajstić information content (AvgIpc) is 2.65. The smallest absolute Gasteiger partial charge is 0.337 e. The number of nitrogens with zero attached hydrogens (tertiary/aromatic N) is 2. The van der Waals surface area contributed by atoms with Gasteiger partial charge < -0.3 is 15.4 Å². The molecule has 126 valence electrons. The van der Waals surface area contributed by atoms with Crippen LogP contribution >= 0.6 is 0 Å². The number of anilines is 3. The first-order valence-electron chi connectivity index (χ1n) is 7.78. The highest BCUT2D eigenvalue weighted by Crippen LogP contribution is 2.23. The molecule has 0 amide bonds. The summed E-state index contributed by atoms with van der Waals surface area (Å²) in [6.45, 7) is 4.31. The van der Waals surface area contributed by atoms with E-state index >= 15 is 0 Å². The maximum atomic E-state index is 11.7. The molecule has 0 aliphatic carbocycles. The van der Waals surface area contributed by atoms with Crippen molar-refractivity contribution in [3.8, 4) is 0 Å². The lowest BCUT2D eigenvalue weighted by molar-refractivity contribution is 0.0601. The number of nitrogens with one attached hydrogen (secondary N) is 2. The van der Waals surface area contributed by atoms with Crippen molar-refractivity contribution in [2.24, 2.45) is 0 Å². The zero-order valence-corrected chi connectivity index (χ0v) is 13.8. The van der Waals surface area contributed by atoms with Gasteiger partial charge >= 0.3 is 5.97 Å². The number of esters is 1. The summed E-state index contributed by atoms with van der Waals surface area (Å²) in [5.41, 5.74) is 1.97. The SMILES string of the molecule is C=CCNc1nc(Nc2cccc(C(=O)OC)c2)nc2ccccc12. The maximum Gasteiger partial charge on any atom is 0.337 e. The molecule has 0 bridgehead atoms.